The number of rotatable bonds is 15. The second kappa shape index (κ2) is 37.5. The zero-order valence-corrected chi connectivity index (χ0v) is 74.3. The van der Waals surface area contributed by atoms with Gasteiger partial charge in [-0.05, 0) is 131 Å². The molecule has 12 aromatic rings. The van der Waals surface area contributed by atoms with E-state index in [0.29, 0.717) is 45.1 Å². The van der Waals surface area contributed by atoms with E-state index in [1.54, 1.807) is 108 Å². The average molecular weight is 1870 g/mol. The van der Waals surface area contributed by atoms with Crippen LogP contribution in [0.1, 0.15) is 114 Å². The number of nitrogen functional groups attached to an aromatic ring is 3. The number of nitrogens with two attached hydrogens (primary N) is 3. The summed E-state index contributed by atoms with van der Waals surface area (Å²) in [5.41, 5.74) is 8.62. The minimum Gasteiger partial charge on any atom is -0.396 e. The summed E-state index contributed by atoms with van der Waals surface area (Å²) in [6, 6.07) is 6.81. The molecule has 3 fully saturated rings. The van der Waals surface area contributed by atoms with Crippen LogP contribution in [0.3, 0.4) is 0 Å². The van der Waals surface area contributed by atoms with E-state index < -0.39 is 154 Å². The molecule has 3 saturated heterocycles. The minimum absolute atomic E-state index is 0.00939. The molecule has 27 nitrogen and oxygen atoms in total. The van der Waals surface area contributed by atoms with E-state index in [1.165, 1.54) is 18.2 Å². The normalized spacial score (nSPS) is 15.4. The molecule has 3 amide bonds. The maximum absolute atomic E-state index is 15.9. The Morgan fingerprint density at radius 2 is 0.682 bits per heavy atom. The number of carbonyl (C=O) groups excluding carboxylic acids is 3. The molecule has 9 aromatic heterocycles. The van der Waals surface area contributed by atoms with Crippen molar-refractivity contribution in [1.29, 1.82) is 0 Å². The molecule has 132 heavy (non-hydrogen) atoms. The van der Waals surface area contributed by atoms with Gasteiger partial charge in [0, 0.05) is 95.6 Å². The molecule has 3 aliphatic heterocycles. The molecule has 12 heterocycles. The maximum Gasteiger partial charge on any atom is 0.355 e. The van der Waals surface area contributed by atoms with E-state index in [0.717, 1.165) is 31.9 Å². The van der Waals surface area contributed by atoms with Crippen LogP contribution in [0.5, 0.6) is 0 Å². The monoisotopic (exact) mass is 1870 g/mol. The SMILES string of the molecule is C=CC(=O)N1CCN(c2nc(=O)n(-c3c(C)ccnc3C(C)C)c3nc(-c4c(F)c(F)c(F)c(N)c4Cl)c(F)cc23)C[C@H]1C.C=CC(=O)N1CCN(c2nc(=O)n(-c3c(C)ccnc3C(C)C)c3nc(-c4c(F)c(N)c(F)c(F)c4F)c(F)cc23)C[C@H]1C.C=CC(=O)N1CCN(c2nc(=O)n(-c3c(C)ccnc3C(C)C)c3nc(-c4c(N)c(F)c(F)c(Cl)c4F)c(F)cc23)C[C@H]1C. The van der Waals surface area contributed by atoms with Crippen molar-refractivity contribution >= 4 is 109 Å². The van der Waals surface area contributed by atoms with Gasteiger partial charge in [0.05, 0.1) is 83.4 Å². The van der Waals surface area contributed by atoms with E-state index in [-0.39, 0.29) is 169 Å². The lowest BCUT2D eigenvalue weighted by Crippen LogP contribution is -2.54. The summed E-state index contributed by atoms with van der Waals surface area (Å²) in [5.74, 6) is -23.1. The van der Waals surface area contributed by atoms with Crippen molar-refractivity contribution in [1.82, 2.24) is 73.3 Å². The highest BCUT2D eigenvalue weighted by atomic mass is 35.5. The number of amides is 3. The Morgan fingerprint density at radius 1 is 0.386 bits per heavy atom. The Kier molecular flexibility index (Phi) is 27.2. The summed E-state index contributed by atoms with van der Waals surface area (Å²) in [7, 11) is 0. The molecule has 0 unspecified atom stereocenters. The number of aromatic nitrogens is 12. The van der Waals surface area contributed by atoms with Gasteiger partial charge in [-0.3, -0.25) is 29.3 Å². The number of anilines is 6. The van der Waals surface area contributed by atoms with Gasteiger partial charge in [-0.25, -0.2) is 100 Å². The van der Waals surface area contributed by atoms with Crippen LogP contribution >= 0.6 is 23.2 Å². The van der Waals surface area contributed by atoms with Gasteiger partial charge in [-0.15, -0.1) is 0 Å². The van der Waals surface area contributed by atoms with Crippen molar-refractivity contribution in [3.8, 4) is 50.8 Å². The molecule has 3 aliphatic rings. The Morgan fingerprint density at radius 3 is 0.992 bits per heavy atom. The summed E-state index contributed by atoms with van der Waals surface area (Å²) in [4.78, 5) is 128. The minimum atomic E-state index is -2.11. The number of carbonyl (C=O) groups is 3. The number of fused-ring (bicyclic) bond motifs is 3. The maximum atomic E-state index is 15.9. The summed E-state index contributed by atoms with van der Waals surface area (Å²) in [6.45, 7) is 34.4. The van der Waals surface area contributed by atoms with E-state index in [9.17, 15) is 59.5 Å². The molecule has 0 bridgehead atoms. The lowest BCUT2D eigenvalue weighted by atomic mass is 10.0. The lowest BCUT2D eigenvalue weighted by molar-refractivity contribution is -0.129. The average Bonchev–Trinajstić information content (AvgIpc) is 0.736. The first-order chi connectivity index (χ1) is 62.3. The van der Waals surface area contributed by atoms with E-state index in [2.05, 4.69) is 64.6 Å². The van der Waals surface area contributed by atoms with Gasteiger partial charge in [-0.2, -0.15) is 15.0 Å². The number of hydrogen-bond donors (Lipinski definition) is 3. The number of aryl methyl sites for hydroxylation is 3. The zero-order valence-electron chi connectivity index (χ0n) is 72.8. The number of pyridine rings is 6. The predicted molar refractivity (Wildman–Crippen MR) is 475 cm³/mol. The van der Waals surface area contributed by atoms with Crippen molar-refractivity contribution < 1.29 is 71.5 Å². The van der Waals surface area contributed by atoms with Gasteiger partial charge >= 0.3 is 17.1 Å². The topological polar surface area (TPSA) is 331 Å². The van der Waals surface area contributed by atoms with Crippen LogP contribution in [0.25, 0.3) is 83.9 Å². The Balaban J connectivity index is 0.000000168. The van der Waals surface area contributed by atoms with Crippen LogP contribution in [-0.2, 0) is 14.4 Å². The Hall–Kier alpha value is -13.9. The van der Waals surface area contributed by atoms with E-state index in [4.69, 9.17) is 40.4 Å². The zero-order chi connectivity index (χ0) is 96.6. The number of nitrogens with zero attached hydrogens (tertiary/aromatic N) is 18. The molecule has 3 atom stereocenters. The molecule has 15 rings (SSSR count). The van der Waals surface area contributed by atoms with Gasteiger partial charge in [0.25, 0.3) is 0 Å². The van der Waals surface area contributed by atoms with Crippen LogP contribution in [0.2, 0.25) is 10.0 Å². The molecule has 0 spiro atoms. The van der Waals surface area contributed by atoms with Crippen LogP contribution in [0.15, 0.2) is 107 Å². The molecule has 3 aromatic carbocycles. The first-order valence-electron chi connectivity index (χ1n) is 41.0. The van der Waals surface area contributed by atoms with Crippen LogP contribution in [0.4, 0.5) is 91.6 Å². The summed E-state index contributed by atoms with van der Waals surface area (Å²) < 4.78 is 197. The fourth-order valence-electron chi connectivity index (χ4n) is 16.4. The smallest absolute Gasteiger partial charge is 0.355 e. The van der Waals surface area contributed by atoms with E-state index in [1.807, 2.05) is 41.5 Å². The molecule has 42 heteroatoms. The standard InChI is InChI=1S/2C30H28ClF4N7O2.C30H28F5N7O2/c1-6-18(43)41-10-9-40(12-15(41)5)28-16-11-17(32)26(19-21(33)20(31)22(34)23(35)24(19)36)38-29(16)42(30(44)39-28)27-14(4)7-8-37-25(27)13(2)3;1-6-18(43)41-10-9-40(12-15(41)5)28-16-11-17(32)26(19-20(31)24(36)23(35)22(34)21(19)33)38-29(16)42(30(44)39-28)27-14(4)7-8-37-25(27)13(2)3;1-6-18(43)41-10-9-40(12-15(41)5)28-16-11-17(31)26(19-20(32)22(34)23(35)24(36)21(19)33)38-29(16)42(30(44)39-28)27-14(4)7-8-37-25(27)13(2)3/h3*6-8,11,13,15H,1,9-10,12,36H2,2-5H3/t3*15-/m111/s1. The lowest BCUT2D eigenvalue weighted by Gasteiger charge is -2.40. The van der Waals surface area contributed by atoms with Gasteiger partial charge in [0.1, 0.15) is 45.2 Å². The first-order valence-corrected chi connectivity index (χ1v) is 41.8. The van der Waals surface area contributed by atoms with Gasteiger partial charge in [0.2, 0.25) is 17.7 Å². The third-order valence-corrected chi connectivity index (χ3v) is 23.7. The van der Waals surface area contributed by atoms with Crippen molar-refractivity contribution in [3.05, 3.63) is 244 Å². The fourth-order valence-corrected chi connectivity index (χ4v) is 16.8. The predicted octanol–water partition coefficient (Wildman–Crippen LogP) is 15.4. The molecule has 0 saturated carbocycles. The van der Waals surface area contributed by atoms with Crippen molar-refractivity contribution in [2.24, 2.45) is 0 Å². The first kappa shape index (κ1) is 95.7. The quantitative estimate of drug-likeness (QED) is 0.0282. The highest BCUT2D eigenvalue weighted by molar-refractivity contribution is 6.36. The highest BCUT2D eigenvalue weighted by Gasteiger charge is 2.39. The molecule has 0 aliphatic carbocycles. The van der Waals surface area contributed by atoms with Crippen molar-refractivity contribution in [2.45, 2.75) is 119 Å². The van der Waals surface area contributed by atoms with Crippen molar-refractivity contribution in [3.63, 3.8) is 0 Å². The summed E-state index contributed by atoms with van der Waals surface area (Å²) >= 11 is 11.8. The highest BCUT2D eigenvalue weighted by Crippen LogP contribution is 2.45. The number of halogens is 15. The molecular weight excluding hydrogens is 1790 g/mol. The van der Waals surface area contributed by atoms with Crippen LogP contribution in [-0.4, -0.2) is 168 Å². The summed E-state index contributed by atoms with van der Waals surface area (Å²) in [6.07, 6.45) is 8.30. The van der Waals surface area contributed by atoms with Gasteiger partial charge in [0.15, 0.2) is 92.6 Å². The van der Waals surface area contributed by atoms with Crippen LogP contribution < -0.4 is 49.0 Å². The third kappa shape index (κ3) is 17.0. The Labute approximate surface area is 754 Å². The third-order valence-electron chi connectivity index (χ3n) is 22.9. The second-order valence-electron chi connectivity index (χ2n) is 32.5. The molecule has 0 radical (unpaired) electrons. The van der Waals surface area contributed by atoms with Gasteiger partial charge < -0.3 is 46.6 Å². The largest absolute Gasteiger partial charge is 0.396 e. The van der Waals surface area contributed by atoms with E-state index >= 15 is 26.3 Å². The number of hydrogen-bond acceptors (Lipinski definition) is 21. The number of benzene rings is 3. The number of piperazine rings is 3. The molecule has 690 valence electrons. The van der Waals surface area contributed by atoms with Crippen molar-refractivity contribution in [2.75, 3.05) is 90.8 Å². The Bertz CT molecular complexity index is 6300. The second-order valence-corrected chi connectivity index (χ2v) is 33.3. The summed E-state index contributed by atoms with van der Waals surface area (Å²) in [5, 5.41) is -1.91. The fraction of sp³-hybridized carbons (Fsp3) is 0.300. The van der Waals surface area contributed by atoms with Gasteiger partial charge in [-0.1, -0.05) is 84.5 Å². The van der Waals surface area contributed by atoms with Crippen LogP contribution in [0, 0.1) is 96.4 Å². The molecule has 6 N–H and O–H groups in total. The molecular formula is C90H84Cl2F13N21O6.